The standard InChI is InChI=1S/C14H26N2O/c1-9(2)10(3)7-16-14(17)13-12-6-4-5-11(12)8-15-13/h9-13,15H,4-8H2,1-3H3,(H,16,17). The summed E-state index contributed by atoms with van der Waals surface area (Å²) in [5, 5.41) is 6.52. The third-order valence-corrected chi connectivity index (χ3v) is 4.76. The molecule has 0 bridgehead atoms. The van der Waals surface area contributed by atoms with Gasteiger partial charge in [-0.05, 0) is 43.1 Å². The van der Waals surface area contributed by atoms with Gasteiger partial charge in [0, 0.05) is 6.54 Å². The summed E-state index contributed by atoms with van der Waals surface area (Å²) in [5.41, 5.74) is 0. The van der Waals surface area contributed by atoms with Crippen molar-refractivity contribution in [3.8, 4) is 0 Å². The molecule has 2 N–H and O–H groups in total. The Labute approximate surface area is 105 Å². The zero-order valence-corrected chi connectivity index (χ0v) is 11.3. The zero-order valence-electron chi connectivity index (χ0n) is 11.3. The quantitative estimate of drug-likeness (QED) is 0.784. The number of fused-ring (bicyclic) bond motifs is 1. The van der Waals surface area contributed by atoms with Gasteiger partial charge in [0.15, 0.2) is 0 Å². The van der Waals surface area contributed by atoms with Gasteiger partial charge in [-0.2, -0.15) is 0 Å². The first-order chi connectivity index (χ1) is 8.09. The molecule has 0 aromatic heterocycles. The molecule has 98 valence electrons. The maximum absolute atomic E-state index is 12.1. The summed E-state index contributed by atoms with van der Waals surface area (Å²) in [6, 6.07) is 0.0851. The van der Waals surface area contributed by atoms with Crippen molar-refractivity contribution < 1.29 is 4.79 Å². The molecule has 2 fully saturated rings. The van der Waals surface area contributed by atoms with E-state index in [0.717, 1.165) is 19.0 Å². The van der Waals surface area contributed by atoms with E-state index < -0.39 is 0 Å². The number of carbonyl (C=O) groups is 1. The molecule has 1 amide bonds. The smallest absolute Gasteiger partial charge is 0.237 e. The van der Waals surface area contributed by atoms with Crippen molar-refractivity contribution in [1.29, 1.82) is 0 Å². The van der Waals surface area contributed by atoms with Gasteiger partial charge in [-0.25, -0.2) is 0 Å². The Morgan fingerprint density at radius 3 is 2.82 bits per heavy atom. The molecule has 1 saturated heterocycles. The molecule has 0 spiro atoms. The van der Waals surface area contributed by atoms with Crippen molar-refractivity contribution in [2.24, 2.45) is 23.7 Å². The molecule has 1 aliphatic carbocycles. The van der Waals surface area contributed by atoms with Gasteiger partial charge >= 0.3 is 0 Å². The molecule has 4 unspecified atom stereocenters. The average Bonchev–Trinajstić information content (AvgIpc) is 2.86. The van der Waals surface area contributed by atoms with Crippen LogP contribution in [0, 0.1) is 23.7 Å². The first-order valence-electron chi connectivity index (χ1n) is 7.10. The topological polar surface area (TPSA) is 41.1 Å². The summed E-state index contributed by atoms with van der Waals surface area (Å²) < 4.78 is 0. The summed E-state index contributed by atoms with van der Waals surface area (Å²) in [5.74, 6) is 2.77. The predicted molar refractivity (Wildman–Crippen MR) is 69.6 cm³/mol. The molecule has 3 heteroatoms. The van der Waals surface area contributed by atoms with E-state index in [4.69, 9.17) is 0 Å². The van der Waals surface area contributed by atoms with Crippen LogP contribution in [-0.4, -0.2) is 25.0 Å². The number of hydrogen-bond donors (Lipinski definition) is 2. The lowest BCUT2D eigenvalue weighted by Crippen LogP contribution is -2.45. The second-order valence-electron chi connectivity index (χ2n) is 6.21. The summed E-state index contributed by atoms with van der Waals surface area (Å²) in [6.07, 6.45) is 3.85. The molecule has 4 atom stereocenters. The van der Waals surface area contributed by atoms with Crippen molar-refractivity contribution in [3.05, 3.63) is 0 Å². The second kappa shape index (κ2) is 5.38. The fourth-order valence-corrected chi connectivity index (χ4v) is 3.08. The molecule has 0 aromatic carbocycles. The highest BCUT2D eigenvalue weighted by molar-refractivity contribution is 5.82. The lowest BCUT2D eigenvalue weighted by molar-refractivity contribution is -0.124. The van der Waals surface area contributed by atoms with E-state index in [-0.39, 0.29) is 11.9 Å². The lowest BCUT2D eigenvalue weighted by atomic mass is 9.93. The van der Waals surface area contributed by atoms with Crippen LogP contribution in [0.25, 0.3) is 0 Å². The maximum atomic E-state index is 12.1. The van der Waals surface area contributed by atoms with Crippen molar-refractivity contribution in [1.82, 2.24) is 10.6 Å². The van der Waals surface area contributed by atoms with Gasteiger partial charge in [-0.3, -0.25) is 4.79 Å². The van der Waals surface area contributed by atoms with Crippen LogP contribution in [0.3, 0.4) is 0 Å². The van der Waals surface area contributed by atoms with Crippen LogP contribution in [0.15, 0.2) is 0 Å². The van der Waals surface area contributed by atoms with Crippen LogP contribution < -0.4 is 10.6 Å². The summed E-state index contributed by atoms with van der Waals surface area (Å²) >= 11 is 0. The Morgan fingerprint density at radius 2 is 2.12 bits per heavy atom. The Morgan fingerprint density at radius 1 is 1.35 bits per heavy atom. The van der Waals surface area contributed by atoms with E-state index >= 15 is 0 Å². The van der Waals surface area contributed by atoms with Crippen molar-refractivity contribution >= 4 is 5.91 Å². The molecule has 2 aliphatic rings. The van der Waals surface area contributed by atoms with Crippen LogP contribution in [0.2, 0.25) is 0 Å². The van der Waals surface area contributed by atoms with E-state index in [0.29, 0.717) is 17.8 Å². The highest BCUT2D eigenvalue weighted by atomic mass is 16.2. The Kier molecular flexibility index (Phi) is 4.08. The van der Waals surface area contributed by atoms with E-state index in [1.807, 2.05) is 0 Å². The molecule has 3 nitrogen and oxygen atoms in total. The minimum Gasteiger partial charge on any atom is -0.354 e. The van der Waals surface area contributed by atoms with Crippen LogP contribution in [0.5, 0.6) is 0 Å². The summed E-state index contributed by atoms with van der Waals surface area (Å²) in [4.78, 5) is 12.1. The largest absolute Gasteiger partial charge is 0.354 e. The molecule has 17 heavy (non-hydrogen) atoms. The summed E-state index contributed by atoms with van der Waals surface area (Å²) in [6.45, 7) is 8.47. The van der Waals surface area contributed by atoms with E-state index in [1.54, 1.807) is 0 Å². The normalized spacial score (nSPS) is 33.8. The fourth-order valence-electron chi connectivity index (χ4n) is 3.08. The molecule has 0 radical (unpaired) electrons. The van der Waals surface area contributed by atoms with Gasteiger partial charge in [0.05, 0.1) is 6.04 Å². The van der Waals surface area contributed by atoms with Gasteiger partial charge in [-0.1, -0.05) is 27.2 Å². The highest BCUT2D eigenvalue weighted by Gasteiger charge is 2.42. The predicted octanol–water partition coefficient (Wildman–Crippen LogP) is 1.78. The maximum Gasteiger partial charge on any atom is 0.237 e. The first-order valence-corrected chi connectivity index (χ1v) is 7.10. The van der Waals surface area contributed by atoms with Crippen molar-refractivity contribution in [3.63, 3.8) is 0 Å². The molecule has 2 rings (SSSR count). The monoisotopic (exact) mass is 238 g/mol. The van der Waals surface area contributed by atoms with Gasteiger partial charge in [-0.15, -0.1) is 0 Å². The van der Waals surface area contributed by atoms with Crippen molar-refractivity contribution in [2.75, 3.05) is 13.1 Å². The number of rotatable bonds is 4. The third-order valence-electron chi connectivity index (χ3n) is 4.76. The second-order valence-corrected chi connectivity index (χ2v) is 6.21. The first kappa shape index (κ1) is 12.9. The van der Waals surface area contributed by atoms with Crippen LogP contribution in [0.1, 0.15) is 40.0 Å². The molecule has 1 heterocycles. The Bertz CT molecular complexity index is 277. The van der Waals surface area contributed by atoms with Gasteiger partial charge in [0.25, 0.3) is 0 Å². The van der Waals surface area contributed by atoms with E-state index in [1.165, 1.54) is 19.3 Å². The molecular weight excluding hydrogens is 212 g/mol. The van der Waals surface area contributed by atoms with Crippen LogP contribution in [0.4, 0.5) is 0 Å². The number of hydrogen-bond acceptors (Lipinski definition) is 2. The minimum atomic E-state index is 0.0851. The Balaban J connectivity index is 1.80. The fraction of sp³-hybridized carbons (Fsp3) is 0.929. The van der Waals surface area contributed by atoms with Crippen LogP contribution in [-0.2, 0) is 4.79 Å². The molecule has 0 aromatic rings. The van der Waals surface area contributed by atoms with E-state index in [2.05, 4.69) is 31.4 Å². The number of carbonyl (C=O) groups excluding carboxylic acids is 1. The minimum absolute atomic E-state index is 0.0851. The van der Waals surface area contributed by atoms with Gasteiger partial charge in [0.1, 0.15) is 0 Å². The lowest BCUT2D eigenvalue weighted by Gasteiger charge is -2.21. The average molecular weight is 238 g/mol. The summed E-state index contributed by atoms with van der Waals surface area (Å²) in [7, 11) is 0. The molecule has 1 saturated carbocycles. The zero-order chi connectivity index (χ0) is 12.4. The molecule has 1 aliphatic heterocycles. The van der Waals surface area contributed by atoms with Crippen LogP contribution >= 0.6 is 0 Å². The van der Waals surface area contributed by atoms with Crippen molar-refractivity contribution in [2.45, 2.75) is 46.1 Å². The highest BCUT2D eigenvalue weighted by Crippen LogP contribution is 2.37. The van der Waals surface area contributed by atoms with E-state index in [9.17, 15) is 4.79 Å². The number of amides is 1. The van der Waals surface area contributed by atoms with Gasteiger partial charge in [0.2, 0.25) is 5.91 Å². The number of nitrogens with one attached hydrogen (secondary N) is 2. The third kappa shape index (κ3) is 2.82. The SMILES string of the molecule is CC(C)C(C)CNC(=O)C1NCC2CCCC21. The van der Waals surface area contributed by atoms with Gasteiger partial charge < -0.3 is 10.6 Å². The Hall–Kier alpha value is -0.570. The molecular formula is C14H26N2O.